The van der Waals surface area contributed by atoms with Crippen LogP contribution in [0.4, 0.5) is 0 Å². The molecule has 0 bridgehead atoms. The van der Waals surface area contributed by atoms with Crippen molar-refractivity contribution in [2.75, 3.05) is 0 Å². The minimum atomic E-state index is -0.213. The molecule has 0 saturated heterocycles. The molecule has 0 amide bonds. The standard InChI is InChI=1S/C8H11NO/c1-6-2-4-9-5-3-7(10)8(6)9/h2,4,7,10H,3,5H2,1H3/t7-/m1/s1. The SMILES string of the molecule is Cc1ccn2c1[C@H](O)CC2. The average molecular weight is 137 g/mol. The molecular formula is C8H11NO. The lowest BCUT2D eigenvalue weighted by molar-refractivity contribution is 0.179. The van der Waals surface area contributed by atoms with Crippen molar-refractivity contribution in [1.29, 1.82) is 0 Å². The monoisotopic (exact) mass is 137 g/mol. The smallest absolute Gasteiger partial charge is 0.0959 e. The lowest BCUT2D eigenvalue weighted by atomic mass is 10.2. The van der Waals surface area contributed by atoms with E-state index in [1.807, 2.05) is 13.1 Å². The minimum absolute atomic E-state index is 0.213. The van der Waals surface area contributed by atoms with E-state index in [0.29, 0.717) is 0 Å². The molecule has 0 fully saturated rings. The molecule has 2 heterocycles. The summed E-state index contributed by atoms with van der Waals surface area (Å²) in [4.78, 5) is 0. The Labute approximate surface area is 60.1 Å². The first-order chi connectivity index (χ1) is 4.79. The highest BCUT2D eigenvalue weighted by Crippen LogP contribution is 2.28. The van der Waals surface area contributed by atoms with Crippen molar-refractivity contribution in [2.24, 2.45) is 0 Å². The van der Waals surface area contributed by atoms with E-state index in [1.165, 1.54) is 5.56 Å². The highest BCUT2D eigenvalue weighted by molar-refractivity contribution is 5.24. The van der Waals surface area contributed by atoms with Gasteiger partial charge in [0.1, 0.15) is 0 Å². The van der Waals surface area contributed by atoms with Gasteiger partial charge in [0.15, 0.2) is 0 Å². The van der Waals surface area contributed by atoms with Gasteiger partial charge in [-0.2, -0.15) is 0 Å². The van der Waals surface area contributed by atoms with Gasteiger partial charge >= 0.3 is 0 Å². The number of aryl methyl sites for hydroxylation is 2. The number of aliphatic hydroxyl groups is 1. The zero-order valence-corrected chi connectivity index (χ0v) is 6.04. The van der Waals surface area contributed by atoms with Gasteiger partial charge < -0.3 is 9.67 Å². The van der Waals surface area contributed by atoms with E-state index in [-0.39, 0.29) is 6.10 Å². The number of aromatic nitrogens is 1. The number of aliphatic hydroxyl groups excluding tert-OH is 1. The maximum atomic E-state index is 9.43. The second-order valence-electron chi connectivity index (χ2n) is 2.88. The highest BCUT2D eigenvalue weighted by atomic mass is 16.3. The van der Waals surface area contributed by atoms with Gasteiger partial charge in [-0.3, -0.25) is 0 Å². The van der Waals surface area contributed by atoms with Gasteiger partial charge in [0.2, 0.25) is 0 Å². The van der Waals surface area contributed by atoms with Crippen LogP contribution in [0.3, 0.4) is 0 Å². The summed E-state index contributed by atoms with van der Waals surface area (Å²) in [7, 11) is 0. The van der Waals surface area contributed by atoms with E-state index in [4.69, 9.17) is 0 Å². The molecule has 0 saturated carbocycles. The quantitative estimate of drug-likeness (QED) is 0.571. The first-order valence-electron chi connectivity index (χ1n) is 3.63. The number of hydrogen-bond acceptors (Lipinski definition) is 1. The van der Waals surface area contributed by atoms with Crippen molar-refractivity contribution < 1.29 is 5.11 Å². The van der Waals surface area contributed by atoms with Crippen LogP contribution in [-0.4, -0.2) is 9.67 Å². The van der Waals surface area contributed by atoms with Gasteiger partial charge in [-0.15, -0.1) is 0 Å². The molecule has 10 heavy (non-hydrogen) atoms. The Balaban J connectivity index is 2.54. The van der Waals surface area contributed by atoms with E-state index in [2.05, 4.69) is 10.6 Å². The molecule has 0 radical (unpaired) electrons. The van der Waals surface area contributed by atoms with Crippen molar-refractivity contribution in [2.45, 2.75) is 26.0 Å². The van der Waals surface area contributed by atoms with Crippen LogP contribution in [0.15, 0.2) is 12.3 Å². The van der Waals surface area contributed by atoms with E-state index in [1.54, 1.807) is 0 Å². The van der Waals surface area contributed by atoms with E-state index >= 15 is 0 Å². The van der Waals surface area contributed by atoms with Gasteiger partial charge in [0, 0.05) is 18.4 Å². The summed E-state index contributed by atoms with van der Waals surface area (Å²) in [6, 6.07) is 2.05. The fourth-order valence-electron chi connectivity index (χ4n) is 1.64. The van der Waals surface area contributed by atoms with E-state index < -0.39 is 0 Å². The van der Waals surface area contributed by atoms with Crippen LogP contribution in [0.1, 0.15) is 23.8 Å². The van der Waals surface area contributed by atoms with Crippen molar-refractivity contribution in [3.8, 4) is 0 Å². The molecule has 1 aliphatic heterocycles. The second-order valence-corrected chi connectivity index (χ2v) is 2.88. The summed E-state index contributed by atoms with van der Waals surface area (Å²) in [5, 5.41) is 9.43. The predicted octanol–water partition coefficient (Wildman–Crippen LogP) is 1.23. The van der Waals surface area contributed by atoms with Gasteiger partial charge in [0.25, 0.3) is 0 Å². The zero-order valence-electron chi connectivity index (χ0n) is 6.04. The molecule has 1 N–H and O–H groups in total. The predicted molar refractivity (Wildman–Crippen MR) is 38.7 cm³/mol. The highest BCUT2D eigenvalue weighted by Gasteiger charge is 2.21. The average Bonchev–Trinajstić information content (AvgIpc) is 2.40. The first-order valence-corrected chi connectivity index (χ1v) is 3.63. The second kappa shape index (κ2) is 1.86. The minimum Gasteiger partial charge on any atom is -0.387 e. The molecular weight excluding hydrogens is 126 g/mol. The molecule has 2 nitrogen and oxygen atoms in total. The molecule has 0 spiro atoms. The summed E-state index contributed by atoms with van der Waals surface area (Å²) in [5.74, 6) is 0. The van der Waals surface area contributed by atoms with Crippen LogP contribution in [0.2, 0.25) is 0 Å². The number of nitrogens with zero attached hydrogens (tertiary/aromatic N) is 1. The number of rotatable bonds is 0. The summed E-state index contributed by atoms with van der Waals surface area (Å²) in [5.41, 5.74) is 2.32. The van der Waals surface area contributed by atoms with E-state index in [0.717, 1.165) is 18.7 Å². The fraction of sp³-hybridized carbons (Fsp3) is 0.500. The van der Waals surface area contributed by atoms with Crippen molar-refractivity contribution in [3.05, 3.63) is 23.5 Å². The third-order valence-electron chi connectivity index (χ3n) is 2.18. The Hall–Kier alpha value is -0.760. The third-order valence-corrected chi connectivity index (χ3v) is 2.18. The largest absolute Gasteiger partial charge is 0.387 e. The lowest BCUT2D eigenvalue weighted by Gasteiger charge is -2.00. The Morgan fingerprint density at radius 2 is 2.50 bits per heavy atom. The van der Waals surface area contributed by atoms with Gasteiger partial charge in [-0.05, 0) is 25.0 Å². The third kappa shape index (κ3) is 0.625. The van der Waals surface area contributed by atoms with Crippen LogP contribution < -0.4 is 0 Å². The Morgan fingerprint density at radius 1 is 1.70 bits per heavy atom. The molecule has 0 aliphatic carbocycles. The zero-order chi connectivity index (χ0) is 7.14. The summed E-state index contributed by atoms with van der Waals surface area (Å²) < 4.78 is 2.12. The Kier molecular flexibility index (Phi) is 1.11. The summed E-state index contributed by atoms with van der Waals surface area (Å²) in [6.45, 7) is 3.02. The van der Waals surface area contributed by atoms with Crippen molar-refractivity contribution >= 4 is 0 Å². The topological polar surface area (TPSA) is 25.2 Å². The van der Waals surface area contributed by atoms with Gasteiger partial charge in [-0.25, -0.2) is 0 Å². The van der Waals surface area contributed by atoms with Crippen molar-refractivity contribution in [1.82, 2.24) is 4.57 Å². The van der Waals surface area contributed by atoms with Crippen LogP contribution in [-0.2, 0) is 6.54 Å². The fourth-order valence-corrected chi connectivity index (χ4v) is 1.64. The van der Waals surface area contributed by atoms with Crippen LogP contribution in [0.5, 0.6) is 0 Å². The molecule has 1 atom stereocenters. The van der Waals surface area contributed by atoms with Crippen LogP contribution >= 0.6 is 0 Å². The first kappa shape index (κ1) is 5.98. The molecule has 2 rings (SSSR count). The molecule has 1 aliphatic rings. The number of hydrogen-bond donors (Lipinski definition) is 1. The maximum absolute atomic E-state index is 9.43. The van der Waals surface area contributed by atoms with Crippen LogP contribution in [0.25, 0.3) is 0 Å². The normalized spacial score (nSPS) is 23.2. The molecule has 1 aromatic heterocycles. The lowest BCUT2D eigenvalue weighted by Crippen LogP contribution is -1.92. The Morgan fingerprint density at radius 3 is 3.20 bits per heavy atom. The van der Waals surface area contributed by atoms with E-state index in [9.17, 15) is 5.11 Å². The van der Waals surface area contributed by atoms with Crippen molar-refractivity contribution in [3.63, 3.8) is 0 Å². The molecule has 54 valence electrons. The summed E-state index contributed by atoms with van der Waals surface area (Å²) >= 11 is 0. The Bertz CT molecular complexity index is 252. The van der Waals surface area contributed by atoms with Gasteiger partial charge in [0.05, 0.1) is 6.10 Å². The number of fused-ring (bicyclic) bond motifs is 1. The summed E-state index contributed by atoms with van der Waals surface area (Å²) in [6.07, 6.45) is 2.72. The maximum Gasteiger partial charge on any atom is 0.0959 e. The molecule has 0 unspecified atom stereocenters. The van der Waals surface area contributed by atoms with Crippen LogP contribution in [0, 0.1) is 6.92 Å². The molecule has 1 aromatic rings. The van der Waals surface area contributed by atoms with Gasteiger partial charge in [-0.1, -0.05) is 0 Å². The molecule has 2 heteroatoms. The molecule has 0 aromatic carbocycles.